The lowest BCUT2D eigenvalue weighted by Gasteiger charge is -2.33. The number of piperidine rings is 1. The van der Waals surface area contributed by atoms with Crippen LogP contribution < -0.4 is 0 Å². The topological polar surface area (TPSA) is 53.5 Å². The third-order valence-electron chi connectivity index (χ3n) is 5.62. The predicted molar refractivity (Wildman–Crippen MR) is 93.0 cm³/mol. The van der Waals surface area contributed by atoms with Crippen LogP contribution in [0, 0.1) is 19.8 Å². The number of amides is 2. The molecule has 3 fully saturated rings. The third-order valence-corrected chi connectivity index (χ3v) is 6.86. The van der Waals surface area contributed by atoms with Gasteiger partial charge in [-0.2, -0.15) is 0 Å². The first-order valence-corrected chi connectivity index (χ1v) is 9.86. The summed E-state index contributed by atoms with van der Waals surface area (Å²) in [4.78, 5) is 34.9. The summed E-state index contributed by atoms with van der Waals surface area (Å²) in [5, 5.41) is 1.17. The molecule has 2 atom stereocenters. The Morgan fingerprint density at radius 3 is 2.67 bits per heavy atom. The number of nitrogens with zero attached hydrogens (tertiary/aromatic N) is 3. The third kappa shape index (κ3) is 2.96. The van der Waals surface area contributed by atoms with Crippen LogP contribution in [0.25, 0.3) is 0 Å². The summed E-state index contributed by atoms with van der Waals surface area (Å²) in [7, 11) is 0. The van der Waals surface area contributed by atoms with Crippen molar-refractivity contribution in [3.8, 4) is 0 Å². The number of thiazole rings is 1. The normalized spacial score (nSPS) is 27.8. The Hall–Kier alpha value is -1.43. The van der Waals surface area contributed by atoms with Crippen molar-refractivity contribution in [1.82, 2.24) is 14.8 Å². The van der Waals surface area contributed by atoms with E-state index in [2.05, 4.69) is 13.8 Å². The monoisotopic (exact) mass is 347 g/mol. The highest BCUT2D eigenvalue weighted by atomic mass is 32.1. The molecule has 1 aromatic heterocycles. The van der Waals surface area contributed by atoms with Gasteiger partial charge in [-0.05, 0) is 39.5 Å². The van der Waals surface area contributed by atoms with Gasteiger partial charge in [0.1, 0.15) is 0 Å². The summed E-state index contributed by atoms with van der Waals surface area (Å²) in [6.07, 6.45) is 4.77. The van der Waals surface area contributed by atoms with Crippen LogP contribution in [0.1, 0.15) is 53.6 Å². The molecule has 130 valence electrons. The lowest BCUT2D eigenvalue weighted by molar-refractivity contribution is -0.137. The average molecular weight is 347 g/mol. The lowest BCUT2D eigenvalue weighted by atomic mass is 9.96. The molecule has 4 rings (SSSR count). The van der Waals surface area contributed by atoms with Crippen LogP contribution in [0.2, 0.25) is 0 Å². The maximum Gasteiger partial charge on any atom is 0.228 e. The molecule has 24 heavy (non-hydrogen) atoms. The smallest absolute Gasteiger partial charge is 0.228 e. The maximum absolute atomic E-state index is 12.9. The van der Waals surface area contributed by atoms with E-state index in [-0.39, 0.29) is 17.7 Å². The maximum atomic E-state index is 12.9. The van der Waals surface area contributed by atoms with Gasteiger partial charge in [-0.3, -0.25) is 9.59 Å². The molecule has 3 aliphatic rings. The van der Waals surface area contributed by atoms with Crippen LogP contribution in [0.3, 0.4) is 0 Å². The van der Waals surface area contributed by atoms with Crippen molar-refractivity contribution in [2.45, 2.75) is 57.9 Å². The van der Waals surface area contributed by atoms with Gasteiger partial charge >= 0.3 is 0 Å². The molecule has 1 aromatic rings. The van der Waals surface area contributed by atoms with Gasteiger partial charge in [0.2, 0.25) is 11.8 Å². The van der Waals surface area contributed by atoms with E-state index in [0.29, 0.717) is 24.9 Å². The number of hydrogen-bond acceptors (Lipinski definition) is 4. The molecule has 2 aliphatic heterocycles. The van der Waals surface area contributed by atoms with Crippen molar-refractivity contribution in [1.29, 1.82) is 0 Å². The Bertz CT molecular complexity index is 648. The quantitative estimate of drug-likeness (QED) is 0.844. The molecule has 0 bridgehead atoms. The number of rotatable bonds is 3. The molecule has 0 N–H and O–H groups in total. The van der Waals surface area contributed by atoms with Gasteiger partial charge in [-0.1, -0.05) is 0 Å². The molecule has 5 nitrogen and oxygen atoms in total. The van der Waals surface area contributed by atoms with Gasteiger partial charge in [0.25, 0.3) is 0 Å². The number of carbonyl (C=O) groups excluding carboxylic acids is 2. The van der Waals surface area contributed by atoms with E-state index in [1.165, 1.54) is 9.88 Å². The highest BCUT2D eigenvalue weighted by Gasteiger charge is 2.43. The second-order valence-corrected chi connectivity index (χ2v) is 8.73. The fraction of sp³-hybridized carbons (Fsp3) is 0.722. The Labute approximate surface area is 147 Å². The number of likely N-dealkylation sites (tertiary alicyclic amines) is 2. The van der Waals surface area contributed by atoms with E-state index in [1.54, 1.807) is 11.3 Å². The van der Waals surface area contributed by atoms with Crippen molar-refractivity contribution < 1.29 is 9.59 Å². The summed E-state index contributed by atoms with van der Waals surface area (Å²) in [6, 6.07) is 0.422. The van der Waals surface area contributed by atoms with Crippen LogP contribution in [-0.4, -0.2) is 52.3 Å². The Kier molecular flexibility index (Phi) is 4.11. The minimum absolute atomic E-state index is 0.128. The molecule has 2 saturated heterocycles. The van der Waals surface area contributed by atoms with Crippen LogP contribution in [0.15, 0.2) is 0 Å². The molecule has 2 amide bonds. The van der Waals surface area contributed by atoms with Gasteiger partial charge in [0, 0.05) is 42.9 Å². The van der Waals surface area contributed by atoms with Crippen molar-refractivity contribution in [3.63, 3.8) is 0 Å². The number of carbonyl (C=O) groups is 2. The molecule has 0 radical (unpaired) electrons. The van der Waals surface area contributed by atoms with Gasteiger partial charge < -0.3 is 9.80 Å². The minimum atomic E-state index is -0.128. The molecule has 6 heteroatoms. The fourth-order valence-electron chi connectivity index (χ4n) is 3.95. The first-order chi connectivity index (χ1) is 11.5. The van der Waals surface area contributed by atoms with E-state index in [9.17, 15) is 9.59 Å². The Morgan fingerprint density at radius 2 is 2.00 bits per heavy atom. The lowest BCUT2D eigenvalue weighted by Crippen LogP contribution is -2.43. The molecule has 1 aliphatic carbocycles. The first kappa shape index (κ1) is 16.1. The van der Waals surface area contributed by atoms with Gasteiger partial charge in [-0.15, -0.1) is 11.3 Å². The van der Waals surface area contributed by atoms with E-state index in [1.807, 2.05) is 9.80 Å². The van der Waals surface area contributed by atoms with Crippen molar-refractivity contribution >= 4 is 23.2 Å². The summed E-state index contributed by atoms with van der Waals surface area (Å²) in [5.41, 5.74) is 1.11. The zero-order chi connectivity index (χ0) is 16.8. The fourth-order valence-corrected chi connectivity index (χ4v) is 4.99. The molecular weight excluding hydrogens is 322 g/mol. The van der Waals surface area contributed by atoms with Gasteiger partial charge in [0.15, 0.2) is 0 Å². The largest absolute Gasteiger partial charge is 0.342 e. The van der Waals surface area contributed by atoms with Crippen LogP contribution in [0.4, 0.5) is 0 Å². The summed E-state index contributed by atoms with van der Waals surface area (Å²) in [6.45, 7) is 6.39. The van der Waals surface area contributed by atoms with Crippen molar-refractivity contribution in [3.05, 3.63) is 15.6 Å². The van der Waals surface area contributed by atoms with Gasteiger partial charge in [0.05, 0.1) is 16.6 Å². The highest BCUT2D eigenvalue weighted by molar-refractivity contribution is 7.11. The molecule has 0 unspecified atom stereocenters. The number of aryl methyl sites for hydroxylation is 2. The number of hydrogen-bond donors (Lipinski definition) is 0. The average Bonchev–Trinajstić information content (AvgIpc) is 3.27. The van der Waals surface area contributed by atoms with E-state index < -0.39 is 0 Å². The molecule has 0 aromatic carbocycles. The minimum Gasteiger partial charge on any atom is -0.342 e. The van der Waals surface area contributed by atoms with Crippen molar-refractivity contribution in [2.75, 3.05) is 19.6 Å². The summed E-state index contributed by atoms with van der Waals surface area (Å²) < 4.78 is 0. The Balaban J connectivity index is 1.42. The van der Waals surface area contributed by atoms with E-state index in [0.717, 1.165) is 44.5 Å². The second-order valence-electron chi connectivity index (χ2n) is 7.50. The highest BCUT2D eigenvalue weighted by Crippen LogP contribution is 2.35. The molecule has 1 saturated carbocycles. The molecule has 0 spiro atoms. The van der Waals surface area contributed by atoms with Crippen LogP contribution in [0.5, 0.6) is 0 Å². The zero-order valence-corrected chi connectivity index (χ0v) is 15.3. The van der Waals surface area contributed by atoms with Gasteiger partial charge in [-0.25, -0.2) is 4.98 Å². The number of aromatic nitrogens is 1. The van der Waals surface area contributed by atoms with E-state index >= 15 is 0 Å². The second kappa shape index (κ2) is 6.14. The predicted octanol–water partition coefficient (Wildman–Crippen LogP) is 2.48. The van der Waals surface area contributed by atoms with Crippen LogP contribution >= 0.6 is 11.3 Å². The standard InChI is InChI=1S/C18H25N3O2S/c1-11-12(2)24-17(19-11)13-4-3-7-20(9-13)18(23)14-8-16(22)21(10-14)15-5-6-15/h13-15H,3-10H2,1-2H3/t13-,14-/m0/s1. The summed E-state index contributed by atoms with van der Waals surface area (Å²) >= 11 is 1.77. The zero-order valence-electron chi connectivity index (χ0n) is 14.5. The first-order valence-electron chi connectivity index (χ1n) is 9.05. The summed E-state index contributed by atoms with van der Waals surface area (Å²) in [5.74, 6) is 0.588. The molecular formula is C18H25N3O2S. The molecule has 3 heterocycles. The van der Waals surface area contributed by atoms with Crippen LogP contribution in [-0.2, 0) is 9.59 Å². The SMILES string of the molecule is Cc1nc([C@H]2CCCN(C(=O)[C@H]3CC(=O)N(C4CC4)C3)C2)sc1C. The Morgan fingerprint density at radius 1 is 1.21 bits per heavy atom. The van der Waals surface area contributed by atoms with Crippen molar-refractivity contribution in [2.24, 2.45) is 5.92 Å². The van der Waals surface area contributed by atoms with E-state index in [4.69, 9.17) is 4.98 Å².